The average Bonchev–Trinajstić information content (AvgIpc) is 2.25. The predicted molar refractivity (Wildman–Crippen MR) is 67.6 cm³/mol. The van der Waals surface area contributed by atoms with Gasteiger partial charge in [-0.2, -0.15) is 0 Å². The number of nitrogens with zero attached hydrogens (tertiary/aromatic N) is 1. The number of anilines is 1. The fourth-order valence-electron chi connectivity index (χ4n) is 1.90. The molecule has 1 amide bonds. The summed E-state index contributed by atoms with van der Waals surface area (Å²) >= 11 is 0. The fraction of sp³-hybridized carbons (Fsp3) is 0.462. The van der Waals surface area contributed by atoms with Gasteiger partial charge in [-0.3, -0.25) is 4.79 Å². The molecule has 94 valence electrons. The number of amides is 1. The Bertz CT molecular complexity index is 427. The zero-order valence-corrected chi connectivity index (χ0v) is 10.9. The molecule has 1 rings (SSSR count). The molecule has 0 spiro atoms. The van der Waals surface area contributed by atoms with Crippen molar-refractivity contribution in [3.63, 3.8) is 0 Å². The van der Waals surface area contributed by atoms with Crippen molar-refractivity contribution in [2.24, 2.45) is 0 Å². The third-order valence-electron chi connectivity index (χ3n) is 2.65. The van der Waals surface area contributed by atoms with E-state index in [4.69, 9.17) is 4.74 Å². The largest absolute Gasteiger partial charge is 0.495 e. The molecule has 0 fully saturated rings. The number of carbonyl (C=O) groups excluding carboxylic acids is 1. The lowest BCUT2D eigenvalue weighted by molar-refractivity contribution is -0.125. The van der Waals surface area contributed by atoms with Crippen LogP contribution in [0, 0.1) is 13.8 Å². The number of rotatable bonds is 3. The molecule has 0 aromatic heterocycles. The maximum Gasteiger partial charge on any atom is 0.255 e. The molecule has 4 nitrogen and oxygen atoms in total. The number of aliphatic hydroxyl groups is 1. The summed E-state index contributed by atoms with van der Waals surface area (Å²) in [5.41, 5.74) is 2.71. The van der Waals surface area contributed by atoms with Crippen LogP contribution in [0.25, 0.3) is 0 Å². The van der Waals surface area contributed by atoms with Gasteiger partial charge in [0, 0.05) is 7.05 Å². The molecule has 1 unspecified atom stereocenters. The lowest BCUT2D eigenvalue weighted by Gasteiger charge is -2.23. The second-order valence-corrected chi connectivity index (χ2v) is 4.21. The van der Waals surface area contributed by atoms with Gasteiger partial charge in [-0.15, -0.1) is 0 Å². The Balaban J connectivity index is 3.25. The molecule has 0 saturated carbocycles. The van der Waals surface area contributed by atoms with E-state index >= 15 is 0 Å². The molecular weight excluding hydrogens is 218 g/mol. The Morgan fingerprint density at radius 1 is 1.41 bits per heavy atom. The Kier molecular flexibility index (Phi) is 4.12. The molecule has 0 saturated heterocycles. The first-order chi connectivity index (χ1) is 7.88. The highest BCUT2D eigenvalue weighted by Crippen LogP contribution is 2.32. The minimum Gasteiger partial charge on any atom is -0.495 e. The zero-order valence-electron chi connectivity index (χ0n) is 10.9. The van der Waals surface area contributed by atoms with Gasteiger partial charge in [0.1, 0.15) is 11.9 Å². The van der Waals surface area contributed by atoms with Gasteiger partial charge < -0.3 is 14.7 Å². The lowest BCUT2D eigenvalue weighted by atomic mass is 10.1. The molecular formula is C13H19NO3. The number of ether oxygens (including phenoxy) is 1. The van der Waals surface area contributed by atoms with Gasteiger partial charge >= 0.3 is 0 Å². The maximum absolute atomic E-state index is 11.8. The highest BCUT2D eigenvalue weighted by Gasteiger charge is 2.21. The summed E-state index contributed by atoms with van der Waals surface area (Å²) in [6, 6.07) is 3.85. The minimum atomic E-state index is -1.02. The Morgan fingerprint density at radius 3 is 2.47 bits per heavy atom. The summed E-state index contributed by atoms with van der Waals surface area (Å²) < 4.78 is 5.28. The molecule has 0 aliphatic rings. The van der Waals surface area contributed by atoms with E-state index < -0.39 is 6.10 Å². The third kappa shape index (κ3) is 2.77. The average molecular weight is 237 g/mol. The first-order valence-electron chi connectivity index (χ1n) is 5.49. The highest BCUT2D eigenvalue weighted by molar-refractivity contribution is 5.97. The topological polar surface area (TPSA) is 49.8 Å². The molecule has 1 N–H and O–H groups in total. The molecule has 0 aliphatic carbocycles. The maximum atomic E-state index is 11.8. The number of hydrogen-bond acceptors (Lipinski definition) is 3. The molecule has 4 heteroatoms. The number of aryl methyl sites for hydroxylation is 2. The molecule has 0 radical (unpaired) electrons. The first kappa shape index (κ1) is 13.5. The van der Waals surface area contributed by atoms with E-state index in [0.717, 1.165) is 11.1 Å². The summed E-state index contributed by atoms with van der Waals surface area (Å²) in [6.07, 6.45) is -1.02. The molecule has 0 heterocycles. The van der Waals surface area contributed by atoms with Gasteiger partial charge in [-0.05, 0) is 38.0 Å². The molecule has 0 bridgehead atoms. The van der Waals surface area contributed by atoms with E-state index in [0.29, 0.717) is 11.4 Å². The minimum absolute atomic E-state index is 0.352. The van der Waals surface area contributed by atoms with Crippen molar-refractivity contribution in [1.82, 2.24) is 0 Å². The molecule has 1 aromatic carbocycles. The van der Waals surface area contributed by atoms with E-state index in [9.17, 15) is 9.90 Å². The molecule has 1 aromatic rings. The zero-order chi connectivity index (χ0) is 13.2. The van der Waals surface area contributed by atoms with Gasteiger partial charge in [0.2, 0.25) is 0 Å². The second kappa shape index (κ2) is 5.19. The summed E-state index contributed by atoms with van der Waals surface area (Å²) in [6.45, 7) is 5.33. The van der Waals surface area contributed by atoms with Crippen LogP contribution in [0.4, 0.5) is 5.69 Å². The fourth-order valence-corrected chi connectivity index (χ4v) is 1.90. The number of carbonyl (C=O) groups is 1. The van der Waals surface area contributed by atoms with E-state index in [1.54, 1.807) is 14.2 Å². The van der Waals surface area contributed by atoms with Crippen LogP contribution in [0.15, 0.2) is 12.1 Å². The van der Waals surface area contributed by atoms with Crippen LogP contribution in [0.2, 0.25) is 0 Å². The SMILES string of the molecule is COc1cc(C)cc(C)c1N(C)C(=O)C(C)O. The van der Waals surface area contributed by atoms with Crippen molar-refractivity contribution >= 4 is 11.6 Å². The van der Waals surface area contributed by atoms with Crippen LogP contribution >= 0.6 is 0 Å². The molecule has 1 atom stereocenters. The van der Waals surface area contributed by atoms with E-state index in [-0.39, 0.29) is 5.91 Å². The number of benzene rings is 1. The van der Waals surface area contributed by atoms with Crippen molar-refractivity contribution in [1.29, 1.82) is 0 Å². The van der Waals surface area contributed by atoms with Crippen molar-refractivity contribution < 1.29 is 14.6 Å². The predicted octanol–water partition coefficient (Wildman–Crippen LogP) is 1.66. The van der Waals surface area contributed by atoms with Gasteiger partial charge in [-0.1, -0.05) is 6.07 Å². The van der Waals surface area contributed by atoms with E-state index in [1.807, 2.05) is 26.0 Å². The van der Waals surface area contributed by atoms with Crippen LogP contribution in [-0.4, -0.2) is 31.3 Å². The van der Waals surface area contributed by atoms with Crippen molar-refractivity contribution in [2.45, 2.75) is 26.9 Å². The van der Waals surface area contributed by atoms with Crippen molar-refractivity contribution in [3.8, 4) is 5.75 Å². The van der Waals surface area contributed by atoms with Gasteiger partial charge in [0.05, 0.1) is 12.8 Å². The molecule has 17 heavy (non-hydrogen) atoms. The van der Waals surface area contributed by atoms with Crippen LogP contribution in [0.5, 0.6) is 5.75 Å². The normalized spacial score (nSPS) is 12.1. The Hall–Kier alpha value is -1.55. The second-order valence-electron chi connectivity index (χ2n) is 4.21. The summed E-state index contributed by atoms with van der Waals surface area (Å²) in [5.74, 6) is 0.286. The number of aliphatic hydroxyl groups excluding tert-OH is 1. The smallest absolute Gasteiger partial charge is 0.255 e. The first-order valence-corrected chi connectivity index (χ1v) is 5.49. The van der Waals surface area contributed by atoms with Crippen molar-refractivity contribution in [3.05, 3.63) is 23.3 Å². The highest BCUT2D eigenvalue weighted by atomic mass is 16.5. The monoisotopic (exact) mass is 237 g/mol. The van der Waals surface area contributed by atoms with Crippen LogP contribution in [-0.2, 0) is 4.79 Å². The number of methoxy groups -OCH3 is 1. The standard InChI is InChI=1S/C13H19NO3/c1-8-6-9(2)12(11(7-8)17-5)14(4)13(16)10(3)15/h6-7,10,15H,1-5H3. The van der Waals surface area contributed by atoms with Crippen LogP contribution < -0.4 is 9.64 Å². The quantitative estimate of drug-likeness (QED) is 0.869. The summed E-state index contributed by atoms with van der Waals surface area (Å²) in [4.78, 5) is 13.2. The van der Waals surface area contributed by atoms with Crippen LogP contribution in [0.1, 0.15) is 18.1 Å². The van der Waals surface area contributed by atoms with Crippen molar-refractivity contribution in [2.75, 3.05) is 19.1 Å². The number of likely N-dealkylation sites (N-methyl/N-ethyl adjacent to an activating group) is 1. The van der Waals surface area contributed by atoms with E-state index in [1.165, 1.54) is 11.8 Å². The van der Waals surface area contributed by atoms with Gasteiger partial charge in [0.15, 0.2) is 0 Å². The Labute approximate surface area is 102 Å². The summed E-state index contributed by atoms with van der Waals surface area (Å²) in [5, 5.41) is 9.33. The Morgan fingerprint density at radius 2 is 2.00 bits per heavy atom. The van der Waals surface area contributed by atoms with Crippen LogP contribution in [0.3, 0.4) is 0 Å². The summed E-state index contributed by atoms with van der Waals surface area (Å²) in [7, 11) is 3.20. The lowest BCUT2D eigenvalue weighted by Crippen LogP contribution is -2.35. The van der Waals surface area contributed by atoms with E-state index in [2.05, 4.69) is 0 Å². The van der Waals surface area contributed by atoms with Gasteiger partial charge in [0.25, 0.3) is 5.91 Å². The van der Waals surface area contributed by atoms with Gasteiger partial charge in [-0.25, -0.2) is 0 Å². The molecule has 0 aliphatic heterocycles. The third-order valence-corrected chi connectivity index (χ3v) is 2.65. The number of hydrogen-bond donors (Lipinski definition) is 1.